The number of rotatable bonds is 6. The number of hydrogen-bond donors (Lipinski definition) is 0. The maximum Gasteiger partial charge on any atom is 0.0675 e. The van der Waals surface area contributed by atoms with E-state index >= 15 is 0 Å². The largest absolute Gasteiger partial charge is 0.889 e. The molecule has 1 atom stereocenters. The molecule has 0 N–H and O–H groups in total. The summed E-state index contributed by atoms with van der Waals surface area (Å²) >= 11 is 13.4. The topological polar surface area (TPSA) is 46.1 Å². The fourth-order valence-corrected chi connectivity index (χ4v) is 6.16. The Kier molecular flexibility index (Phi) is 11.8. The highest BCUT2D eigenvalue weighted by Gasteiger charge is 2.26. The molecule has 0 radical (unpaired) electrons. The van der Waals surface area contributed by atoms with Gasteiger partial charge >= 0.3 is 0 Å². The van der Waals surface area contributed by atoms with Crippen LogP contribution in [0.2, 0.25) is 10.0 Å². The second-order valence-electron chi connectivity index (χ2n) is 14.6. The zero-order valence-corrected chi connectivity index (χ0v) is 30.0. The zero-order chi connectivity index (χ0) is 33.1. The lowest BCUT2D eigenvalue weighted by atomic mass is 9.68. The molecule has 0 saturated carbocycles. The lowest BCUT2D eigenvalue weighted by molar-refractivity contribution is -0.849. The Morgan fingerprint density at radius 3 is 1.66 bits per heavy atom. The summed E-state index contributed by atoms with van der Waals surface area (Å²) in [6.45, 7) is 5.76. The van der Waals surface area contributed by atoms with Gasteiger partial charge in [0.25, 0.3) is 0 Å². The lowest BCUT2D eigenvalue weighted by Gasteiger charge is -2.36. The molecular formula is C37H49BCl2N2O2. The van der Waals surface area contributed by atoms with Crippen molar-refractivity contribution >= 4 is 68.1 Å². The minimum Gasteiger partial charge on any atom is -0.889 e. The van der Waals surface area contributed by atoms with Crippen molar-refractivity contribution in [2.24, 2.45) is 0 Å². The fourth-order valence-electron chi connectivity index (χ4n) is 5.59. The van der Waals surface area contributed by atoms with Crippen LogP contribution in [0, 0.1) is 13.8 Å². The Labute approximate surface area is 275 Å². The van der Waals surface area contributed by atoms with Crippen LogP contribution in [0.15, 0.2) is 54.6 Å². The van der Waals surface area contributed by atoms with Gasteiger partial charge in [0, 0.05) is 16.0 Å². The highest BCUT2D eigenvalue weighted by atomic mass is 35.5. The van der Waals surface area contributed by atoms with Crippen LogP contribution in [0.25, 0.3) is 32.3 Å². The van der Waals surface area contributed by atoms with E-state index in [4.69, 9.17) is 23.2 Å². The molecule has 236 valence electrons. The first-order valence-corrected chi connectivity index (χ1v) is 16.1. The number of nitrogens with zero attached hydrogens (tertiary/aromatic N) is 2. The summed E-state index contributed by atoms with van der Waals surface area (Å²) in [6.07, 6.45) is 2.74. The predicted octanol–water partition coefficient (Wildman–Crippen LogP) is 6.89. The van der Waals surface area contributed by atoms with E-state index in [-0.39, 0.29) is 11.4 Å². The van der Waals surface area contributed by atoms with Crippen LogP contribution in [0.1, 0.15) is 54.4 Å². The second kappa shape index (κ2) is 14.4. The van der Waals surface area contributed by atoms with Gasteiger partial charge in [-0.2, -0.15) is 0 Å². The Bertz CT molecular complexity index is 1680. The average molecular weight is 636 g/mol. The van der Waals surface area contributed by atoms with Gasteiger partial charge in [0.2, 0.25) is 0 Å². The van der Waals surface area contributed by atoms with Crippen molar-refractivity contribution in [3.63, 3.8) is 0 Å². The number of unbranched alkanes of at least 4 members (excludes halogenated alkanes) is 1. The van der Waals surface area contributed by atoms with Crippen molar-refractivity contribution in [1.29, 1.82) is 0 Å². The normalized spacial score (nSPS) is 12.6. The van der Waals surface area contributed by atoms with Crippen molar-refractivity contribution in [2.45, 2.75) is 46.0 Å². The molecule has 0 aliphatic rings. The molecule has 0 aliphatic heterocycles. The van der Waals surface area contributed by atoms with Gasteiger partial charge in [0.15, 0.2) is 0 Å². The average Bonchev–Trinajstić information content (AvgIpc) is 2.91. The van der Waals surface area contributed by atoms with Crippen molar-refractivity contribution in [2.75, 3.05) is 56.4 Å². The minimum atomic E-state index is -2.16. The monoisotopic (exact) mass is 634 g/mol. The van der Waals surface area contributed by atoms with Gasteiger partial charge in [-0.1, -0.05) is 105 Å². The fraction of sp³-hybridized carbons (Fsp3) is 0.405. The first kappa shape index (κ1) is 36.1. The van der Waals surface area contributed by atoms with Crippen LogP contribution in [-0.2, 0) is 0 Å². The Morgan fingerprint density at radius 1 is 0.682 bits per heavy atom. The highest BCUT2D eigenvalue weighted by molar-refractivity contribution is 6.58. The van der Waals surface area contributed by atoms with E-state index in [2.05, 4.69) is 118 Å². The second-order valence-corrected chi connectivity index (χ2v) is 15.4. The summed E-state index contributed by atoms with van der Waals surface area (Å²) in [5.41, 5.74) is 3.23. The minimum absolute atomic E-state index is 0.174. The molecule has 0 fully saturated rings. The SMILES string of the molecule is CCCCC(c1c(Cl)c(C)c(Cl)c(C)c1B([O-])[O-])c1ccc2ccc3cccc4ccc1c2c34.C[N+](C)(C)C.C[N+](C)(C)C. The van der Waals surface area contributed by atoms with E-state index < -0.39 is 7.12 Å². The Balaban J connectivity index is 0.000000461. The van der Waals surface area contributed by atoms with Gasteiger partial charge in [-0.15, -0.1) is 5.46 Å². The molecule has 0 aromatic heterocycles. The van der Waals surface area contributed by atoms with Crippen LogP contribution in [-0.4, -0.2) is 72.5 Å². The third-order valence-electron chi connectivity index (χ3n) is 7.29. The van der Waals surface area contributed by atoms with Crippen LogP contribution in [0.3, 0.4) is 0 Å². The molecule has 44 heavy (non-hydrogen) atoms. The van der Waals surface area contributed by atoms with Gasteiger partial charge in [-0.05, 0) is 74.8 Å². The molecular weight excluding hydrogens is 586 g/mol. The quantitative estimate of drug-likeness (QED) is 0.116. The van der Waals surface area contributed by atoms with E-state index in [9.17, 15) is 10.0 Å². The van der Waals surface area contributed by atoms with Crippen molar-refractivity contribution in [3.8, 4) is 0 Å². The van der Waals surface area contributed by atoms with Crippen LogP contribution in [0.5, 0.6) is 0 Å². The van der Waals surface area contributed by atoms with E-state index in [0.29, 0.717) is 21.2 Å². The summed E-state index contributed by atoms with van der Waals surface area (Å²) < 4.78 is 2.00. The molecule has 0 aliphatic carbocycles. The van der Waals surface area contributed by atoms with Crippen molar-refractivity contribution in [3.05, 3.63) is 86.9 Å². The molecule has 7 heteroatoms. The third-order valence-corrected chi connectivity index (χ3v) is 8.34. The maximum atomic E-state index is 12.5. The van der Waals surface area contributed by atoms with E-state index in [1.54, 1.807) is 6.92 Å². The number of quaternary nitrogens is 2. The number of hydrogen-bond acceptors (Lipinski definition) is 2. The van der Waals surface area contributed by atoms with E-state index in [1.807, 2.05) is 6.92 Å². The molecule has 0 heterocycles. The lowest BCUT2D eigenvalue weighted by Crippen LogP contribution is -2.57. The summed E-state index contributed by atoms with van der Waals surface area (Å²) in [5.74, 6) is -0.174. The van der Waals surface area contributed by atoms with Crippen LogP contribution >= 0.6 is 23.2 Å². The standard InChI is InChI=1S/C29H25BCl2O2.2C4H12N/c1-4-5-9-22(26-27(30(33)34)16(2)28(31)17(3)29(26)32)21-14-12-20-11-10-18-7-6-8-19-13-15-23(21)25(20)24(18)19;2*1-5(2,3)4/h6-8,10-15,22H,4-5,9H2,1-3H3;2*1-4H3/q-2;2*+1. The van der Waals surface area contributed by atoms with Gasteiger partial charge in [-0.25, -0.2) is 0 Å². The van der Waals surface area contributed by atoms with Gasteiger partial charge < -0.3 is 19.0 Å². The summed E-state index contributed by atoms with van der Waals surface area (Å²) in [5, 5.41) is 33.0. The summed E-state index contributed by atoms with van der Waals surface area (Å²) in [4.78, 5) is 0. The van der Waals surface area contributed by atoms with Gasteiger partial charge in [0.05, 0.1) is 56.4 Å². The maximum absolute atomic E-state index is 12.5. The first-order valence-electron chi connectivity index (χ1n) is 15.4. The van der Waals surface area contributed by atoms with Gasteiger partial charge in [-0.3, -0.25) is 0 Å². The Hall–Kier alpha value is -2.38. The molecule has 1 unspecified atom stereocenters. The molecule has 0 spiro atoms. The molecule has 0 bridgehead atoms. The summed E-state index contributed by atoms with van der Waals surface area (Å²) in [7, 11) is 14.8. The van der Waals surface area contributed by atoms with E-state index in [1.165, 1.54) is 26.9 Å². The molecule has 0 saturated heterocycles. The molecule has 5 rings (SSSR count). The molecule has 5 aromatic rings. The number of benzene rings is 5. The van der Waals surface area contributed by atoms with Crippen LogP contribution < -0.4 is 15.5 Å². The molecule has 0 amide bonds. The smallest absolute Gasteiger partial charge is 0.0675 e. The first-order chi connectivity index (χ1) is 20.3. The predicted molar refractivity (Wildman–Crippen MR) is 191 cm³/mol. The number of halogens is 2. The van der Waals surface area contributed by atoms with Crippen LogP contribution in [0.4, 0.5) is 0 Å². The molecule has 5 aromatic carbocycles. The third kappa shape index (κ3) is 8.66. The summed E-state index contributed by atoms with van der Waals surface area (Å²) in [6, 6.07) is 19.3. The van der Waals surface area contributed by atoms with E-state index in [0.717, 1.165) is 44.7 Å². The van der Waals surface area contributed by atoms with Crippen molar-refractivity contribution < 1.29 is 19.0 Å². The molecule has 4 nitrogen and oxygen atoms in total. The zero-order valence-electron chi connectivity index (χ0n) is 28.4. The Morgan fingerprint density at radius 2 is 1.16 bits per heavy atom. The van der Waals surface area contributed by atoms with Gasteiger partial charge in [0.1, 0.15) is 0 Å². The highest BCUT2D eigenvalue weighted by Crippen LogP contribution is 2.43. The van der Waals surface area contributed by atoms with Crippen molar-refractivity contribution in [1.82, 2.24) is 0 Å².